The first-order chi connectivity index (χ1) is 17.1. The van der Waals surface area contributed by atoms with E-state index in [9.17, 15) is 27.3 Å². The fourth-order valence-electron chi connectivity index (χ4n) is 4.47. The van der Waals surface area contributed by atoms with Crippen LogP contribution in [0.15, 0.2) is 60.7 Å². The molecule has 1 N–H and O–H groups in total. The number of hydrogen-bond acceptors (Lipinski definition) is 5. The Labute approximate surface area is 205 Å². The molecule has 1 saturated heterocycles. The van der Waals surface area contributed by atoms with Crippen LogP contribution in [0.25, 0.3) is 27.8 Å². The van der Waals surface area contributed by atoms with E-state index >= 15 is 0 Å². The molecule has 182 valence electrons. The fourth-order valence-corrected chi connectivity index (χ4v) is 6.56. The molecule has 0 saturated carbocycles. The number of amides is 1. The highest BCUT2D eigenvalue weighted by Crippen LogP contribution is 2.33. The van der Waals surface area contributed by atoms with Crippen LogP contribution in [0.3, 0.4) is 0 Å². The normalized spacial score (nSPS) is 18.7. The minimum Gasteiger partial charge on any atom is -0.346 e. The van der Waals surface area contributed by atoms with Gasteiger partial charge in [0.25, 0.3) is 5.91 Å². The third-order valence-electron chi connectivity index (χ3n) is 6.28. The molecule has 1 amide bonds. The smallest absolute Gasteiger partial charge is 0.251 e. The molecule has 1 fully saturated rings. The van der Waals surface area contributed by atoms with Crippen LogP contribution in [-0.4, -0.2) is 41.2 Å². The maximum atomic E-state index is 14.8. The molecule has 3 aromatic carbocycles. The molecule has 1 atom stereocenters. The van der Waals surface area contributed by atoms with Crippen molar-refractivity contribution in [1.82, 2.24) is 15.1 Å². The standard InChI is InChI=1S/C26H20F2N4O3S/c1-26(10-11-36(34,35)15-26)30-25(33)17-3-8-20-23(13-17)32(19-6-4-18(27)5-7-19)31-24(20)21-12-16(14-29)2-9-22(21)28/h2-9,12-13H,10-11,15H2,1H3,(H,30,33). The molecule has 5 rings (SSSR count). The van der Waals surface area contributed by atoms with Crippen molar-refractivity contribution < 1.29 is 22.0 Å². The Morgan fingerprint density at radius 2 is 1.86 bits per heavy atom. The number of carbonyl (C=O) groups excluding carboxylic acids is 1. The van der Waals surface area contributed by atoms with Crippen LogP contribution >= 0.6 is 0 Å². The second-order valence-corrected chi connectivity index (χ2v) is 11.3. The Bertz CT molecular complexity index is 1670. The van der Waals surface area contributed by atoms with Gasteiger partial charge in [-0.25, -0.2) is 21.9 Å². The highest BCUT2D eigenvalue weighted by molar-refractivity contribution is 7.91. The van der Waals surface area contributed by atoms with Gasteiger partial charge in [-0.1, -0.05) is 0 Å². The van der Waals surface area contributed by atoms with Crippen molar-refractivity contribution in [3.8, 4) is 23.0 Å². The molecule has 1 aromatic heterocycles. The van der Waals surface area contributed by atoms with Gasteiger partial charge in [0, 0.05) is 16.5 Å². The van der Waals surface area contributed by atoms with Gasteiger partial charge in [-0.3, -0.25) is 4.79 Å². The van der Waals surface area contributed by atoms with Crippen LogP contribution < -0.4 is 5.32 Å². The lowest BCUT2D eigenvalue weighted by Crippen LogP contribution is -2.46. The minimum atomic E-state index is -3.22. The van der Waals surface area contributed by atoms with Crippen LogP contribution in [0.1, 0.15) is 29.3 Å². The number of fused-ring (bicyclic) bond motifs is 1. The van der Waals surface area contributed by atoms with Gasteiger partial charge in [0.15, 0.2) is 9.84 Å². The van der Waals surface area contributed by atoms with E-state index in [0.29, 0.717) is 23.0 Å². The van der Waals surface area contributed by atoms with Crippen LogP contribution in [0.4, 0.5) is 8.78 Å². The summed E-state index contributed by atoms with van der Waals surface area (Å²) in [7, 11) is -3.22. The van der Waals surface area contributed by atoms with Crippen LogP contribution in [-0.2, 0) is 9.84 Å². The van der Waals surface area contributed by atoms with E-state index < -0.39 is 32.9 Å². The van der Waals surface area contributed by atoms with E-state index in [2.05, 4.69) is 10.4 Å². The summed E-state index contributed by atoms with van der Waals surface area (Å²) in [5, 5.41) is 17.2. The predicted molar refractivity (Wildman–Crippen MR) is 130 cm³/mol. The van der Waals surface area contributed by atoms with E-state index in [0.717, 1.165) is 0 Å². The summed E-state index contributed by atoms with van der Waals surface area (Å²) >= 11 is 0. The van der Waals surface area contributed by atoms with Crippen LogP contribution in [0.2, 0.25) is 0 Å². The summed E-state index contributed by atoms with van der Waals surface area (Å²) in [4.78, 5) is 13.1. The van der Waals surface area contributed by atoms with E-state index in [1.54, 1.807) is 25.1 Å². The maximum absolute atomic E-state index is 14.8. The molecule has 0 radical (unpaired) electrons. The summed E-state index contributed by atoms with van der Waals surface area (Å²) in [5.74, 6) is -1.60. The molecule has 2 heterocycles. The SMILES string of the molecule is CC1(NC(=O)c2ccc3c(-c4cc(C#N)ccc4F)nn(-c4ccc(F)cc4)c3c2)CCS(=O)(=O)C1. The number of sulfone groups is 1. The Balaban J connectivity index is 1.64. The summed E-state index contributed by atoms with van der Waals surface area (Å²) in [6.45, 7) is 1.69. The average molecular weight is 507 g/mol. The first-order valence-electron chi connectivity index (χ1n) is 11.1. The summed E-state index contributed by atoms with van der Waals surface area (Å²) in [6.07, 6.45) is 0.315. The quantitative estimate of drug-likeness (QED) is 0.448. The molecule has 1 unspecified atom stereocenters. The third kappa shape index (κ3) is 4.33. The molecular weight excluding hydrogens is 486 g/mol. The molecule has 4 aromatic rings. The molecule has 1 aliphatic heterocycles. The lowest BCUT2D eigenvalue weighted by atomic mass is 10.0. The van der Waals surface area contributed by atoms with Crippen LogP contribution in [0, 0.1) is 23.0 Å². The van der Waals surface area contributed by atoms with Gasteiger partial charge in [-0.15, -0.1) is 0 Å². The maximum Gasteiger partial charge on any atom is 0.251 e. The number of benzene rings is 3. The van der Waals surface area contributed by atoms with Crippen molar-refractivity contribution in [2.24, 2.45) is 0 Å². The number of carbonyl (C=O) groups is 1. The first-order valence-corrected chi connectivity index (χ1v) is 12.9. The van der Waals surface area contributed by atoms with Crippen molar-refractivity contribution in [1.29, 1.82) is 5.26 Å². The molecule has 0 aliphatic carbocycles. The summed E-state index contributed by atoms with van der Waals surface area (Å²) in [6, 6.07) is 16.2. The number of nitrogens with one attached hydrogen (secondary N) is 1. The largest absolute Gasteiger partial charge is 0.346 e. The Hall–Kier alpha value is -4.10. The van der Waals surface area contributed by atoms with Crippen LogP contribution in [0.5, 0.6) is 0 Å². The Morgan fingerprint density at radius 3 is 2.53 bits per heavy atom. The zero-order valence-corrected chi connectivity index (χ0v) is 19.9. The number of hydrogen-bond donors (Lipinski definition) is 1. The van der Waals surface area contributed by atoms with Gasteiger partial charge in [-0.2, -0.15) is 10.4 Å². The van der Waals surface area contributed by atoms with Gasteiger partial charge in [0.05, 0.1) is 39.9 Å². The van der Waals surface area contributed by atoms with Crippen molar-refractivity contribution >= 4 is 26.6 Å². The predicted octanol–water partition coefficient (Wildman–Crippen LogP) is 4.15. The fraction of sp³-hybridized carbons (Fsp3) is 0.192. The Kier molecular flexibility index (Phi) is 5.60. The van der Waals surface area contributed by atoms with Gasteiger partial charge in [-0.05, 0) is 74.0 Å². The molecule has 36 heavy (non-hydrogen) atoms. The molecule has 10 heteroatoms. The highest BCUT2D eigenvalue weighted by Gasteiger charge is 2.39. The zero-order valence-electron chi connectivity index (χ0n) is 19.1. The molecular formula is C26H20F2N4O3S. The molecule has 0 bridgehead atoms. The molecule has 7 nitrogen and oxygen atoms in total. The van der Waals surface area contributed by atoms with Crippen molar-refractivity contribution in [2.75, 3.05) is 11.5 Å². The first kappa shape index (κ1) is 23.6. The molecule has 0 spiro atoms. The topological polar surface area (TPSA) is 105 Å². The highest BCUT2D eigenvalue weighted by atomic mass is 32.2. The number of halogens is 2. The minimum absolute atomic E-state index is 0.0108. The van der Waals surface area contributed by atoms with E-state index in [4.69, 9.17) is 0 Å². The third-order valence-corrected chi connectivity index (χ3v) is 8.19. The lowest BCUT2D eigenvalue weighted by Gasteiger charge is -2.23. The van der Waals surface area contributed by atoms with Crippen molar-refractivity contribution in [2.45, 2.75) is 18.9 Å². The average Bonchev–Trinajstić information content (AvgIpc) is 3.35. The summed E-state index contributed by atoms with van der Waals surface area (Å²) < 4.78 is 53.7. The second kappa shape index (κ2) is 8.53. The lowest BCUT2D eigenvalue weighted by molar-refractivity contribution is 0.0915. The summed E-state index contributed by atoms with van der Waals surface area (Å²) in [5.41, 5.74) is 0.936. The van der Waals surface area contributed by atoms with Crippen molar-refractivity contribution in [3.63, 3.8) is 0 Å². The van der Waals surface area contributed by atoms with Gasteiger partial charge in [0.2, 0.25) is 0 Å². The van der Waals surface area contributed by atoms with E-state index in [1.807, 2.05) is 6.07 Å². The number of nitrogens with zero attached hydrogens (tertiary/aromatic N) is 3. The number of aromatic nitrogens is 2. The van der Waals surface area contributed by atoms with Gasteiger partial charge >= 0.3 is 0 Å². The van der Waals surface area contributed by atoms with E-state index in [-0.39, 0.29) is 33.9 Å². The number of rotatable bonds is 4. The Morgan fingerprint density at radius 1 is 1.11 bits per heavy atom. The second-order valence-electron chi connectivity index (χ2n) is 9.13. The molecule has 1 aliphatic rings. The van der Waals surface area contributed by atoms with Gasteiger partial charge < -0.3 is 5.32 Å². The van der Waals surface area contributed by atoms with Crippen molar-refractivity contribution in [3.05, 3.63) is 83.4 Å². The zero-order chi connectivity index (χ0) is 25.7. The van der Waals surface area contributed by atoms with Gasteiger partial charge in [0.1, 0.15) is 17.3 Å². The monoisotopic (exact) mass is 506 g/mol. The van der Waals surface area contributed by atoms with E-state index in [1.165, 1.54) is 47.1 Å². The number of nitriles is 1.